The number of anilines is 1. The van der Waals surface area contributed by atoms with E-state index >= 15 is 0 Å². The summed E-state index contributed by atoms with van der Waals surface area (Å²) in [4.78, 5) is 33.4. The summed E-state index contributed by atoms with van der Waals surface area (Å²) in [5.41, 5.74) is 2.72. The van der Waals surface area contributed by atoms with Crippen molar-refractivity contribution < 1.29 is 9.59 Å². The van der Waals surface area contributed by atoms with Gasteiger partial charge in [-0.05, 0) is 59.2 Å². The van der Waals surface area contributed by atoms with Crippen molar-refractivity contribution >= 4 is 28.3 Å². The molecule has 4 aromatic rings. The van der Waals surface area contributed by atoms with Gasteiger partial charge in [-0.25, -0.2) is 4.98 Å². The zero-order valence-electron chi connectivity index (χ0n) is 16.9. The normalized spacial score (nSPS) is 17.3. The molecule has 5 nitrogen and oxygen atoms in total. The van der Waals surface area contributed by atoms with Crippen LogP contribution in [0.25, 0.3) is 10.8 Å². The molecule has 0 bridgehead atoms. The van der Waals surface area contributed by atoms with Crippen LogP contribution < -0.4 is 5.32 Å². The van der Waals surface area contributed by atoms with Gasteiger partial charge in [-0.1, -0.05) is 36.4 Å². The van der Waals surface area contributed by atoms with Crippen molar-refractivity contribution in [3.63, 3.8) is 0 Å². The van der Waals surface area contributed by atoms with Crippen molar-refractivity contribution in [2.24, 2.45) is 5.92 Å². The largest absolute Gasteiger partial charge is 0.307 e. The standard InChI is InChI=1S/C26H21N3O2/c30-24(14-17-4-5-21-16-27-12-10-20(21)13-17)23-15-22(23)18-6-8-19(9-7-18)26(31)29-25-3-1-2-11-28-25/h1-13,16,22-23H,14-15H2,(H,28,29,31). The zero-order valence-corrected chi connectivity index (χ0v) is 16.9. The second-order valence-corrected chi connectivity index (χ2v) is 7.94. The number of hydrogen-bond acceptors (Lipinski definition) is 4. The number of hydrogen-bond donors (Lipinski definition) is 1. The lowest BCUT2D eigenvalue weighted by molar-refractivity contribution is -0.119. The fourth-order valence-electron chi connectivity index (χ4n) is 4.00. The van der Waals surface area contributed by atoms with Gasteiger partial charge < -0.3 is 5.32 Å². The van der Waals surface area contributed by atoms with Crippen molar-refractivity contribution in [2.45, 2.75) is 18.8 Å². The van der Waals surface area contributed by atoms with E-state index in [9.17, 15) is 9.59 Å². The molecule has 5 heteroatoms. The van der Waals surface area contributed by atoms with Crippen molar-refractivity contribution in [2.75, 3.05) is 5.32 Å². The third kappa shape index (κ3) is 4.21. The highest BCUT2D eigenvalue weighted by molar-refractivity contribution is 6.03. The summed E-state index contributed by atoms with van der Waals surface area (Å²) < 4.78 is 0. The number of nitrogens with zero attached hydrogens (tertiary/aromatic N) is 2. The van der Waals surface area contributed by atoms with Crippen LogP contribution >= 0.6 is 0 Å². The van der Waals surface area contributed by atoms with Crippen LogP contribution in [0.2, 0.25) is 0 Å². The Morgan fingerprint density at radius 3 is 2.61 bits per heavy atom. The van der Waals surface area contributed by atoms with Gasteiger partial charge in [-0.2, -0.15) is 0 Å². The van der Waals surface area contributed by atoms with Gasteiger partial charge in [0.25, 0.3) is 5.91 Å². The molecule has 0 aliphatic heterocycles. The molecule has 0 radical (unpaired) electrons. The van der Waals surface area contributed by atoms with E-state index in [0.717, 1.165) is 28.3 Å². The van der Waals surface area contributed by atoms with Crippen molar-refractivity contribution in [3.8, 4) is 0 Å². The molecular formula is C26H21N3O2. The lowest BCUT2D eigenvalue weighted by atomic mass is 10.00. The van der Waals surface area contributed by atoms with Crippen LogP contribution in [-0.4, -0.2) is 21.7 Å². The summed E-state index contributed by atoms with van der Waals surface area (Å²) in [6.45, 7) is 0. The molecule has 0 spiro atoms. The quantitative estimate of drug-likeness (QED) is 0.498. The summed E-state index contributed by atoms with van der Waals surface area (Å²) in [5, 5.41) is 4.96. The molecule has 1 saturated carbocycles. The van der Waals surface area contributed by atoms with Gasteiger partial charge in [-0.3, -0.25) is 14.6 Å². The first-order valence-electron chi connectivity index (χ1n) is 10.3. The Kier molecular flexibility index (Phi) is 5.00. The average Bonchev–Trinajstić information content (AvgIpc) is 3.61. The first-order chi connectivity index (χ1) is 15.2. The van der Waals surface area contributed by atoms with Crippen LogP contribution in [-0.2, 0) is 11.2 Å². The first kappa shape index (κ1) is 19.1. The molecule has 31 heavy (non-hydrogen) atoms. The Hall–Kier alpha value is -3.86. The van der Waals surface area contributed by atoms with E-state index in [1.54, 1.807) is 24.5 Å². The average molecular weight is 407 g/mol. The maximum absolute atomic E-state index is 12.8. The number of nitrogens with one attached hydrogen (secondary N) is 1. The molecule has 2 aromatic carbocycles. The monoisotopic (exact) mass is 407 g/mol. The van der Waals surface area contributed by atoms with Crippen LogP contribution in [0.3, 0.4) is 0 Å². The second-order valence-electron chi connectivity index (χ2n) is 7.94. The molecule has 1 fully saturated rings. The van der Waals surface area contributed by atoms with E-state index in [4.69, 9.17) is 0 Å². The van der Waals surface area contributed by atoms with E-state index in [-0.39, 0.29) is 23.5 Å². The summed E-state index contributed by atoms with van der Waals surface area (Å²) >= 11 is 0. The predicted molar refractivity (Wildman–Crippen MR) is 120 cm³/mol. The van der Waals surface area contributed by atoms with Gasteiger partial charge in [0.1, 0.15) is 11.6 Å². The number of aromatic nitrogens is 2. The van der Waals surface area contributed by atoms with E-state index in [1.165, 1.54) is 0 Å². The van der Waals surface area contributed by atoms with Crippen molar-refractivity contribution in [3.05, 3.63) is 102 Å². The lowest BCUT2D eigenvalue weighted by Crippen LogP contribution is -2.12. The van der Waals surface area contributed by atoms with E-state index in [1.807, 2.05) is 54.7 Å². The van der Waals surface area contributed by atoms with Gasteiger partial charge in [0.15, 0.2) is 0 Å². The molecule has 1 N–H and O–H groups in total. The molecule has 2 atom stereocenters. The number of pyridine rings is 2. The number of Topliss-reactive ketones (excluding diaryl/α,β-unsaturated/α-hetero) is 1. The maximum Gasteiger partial charge on any atom is 0.256 e. The SMILES string of the molecule is O=C(Nc1ccccn1)c1ccc(C2CC2C(=O)Cc2ccc3cnccc3c2)cc1. The van der Waals surface area contributed by atoms with Crippen LogP contribution in [0.15, 0.2) is 85.3 Å². The fraction of sp³-hybridized carbons (Fsp3) is 0.154. The minimum absolute atomic E-state index is 0.0568. The topological polar surface area (TPSA) is 72.0 Å². The highest BCUT2D eigenvalue weighted by atomic mass is 16.1. The van der Waals surface area contributed by atoms with Crippen molar-refractivity contribution in [1.29, 1.82) is 0 Å². The molecule has 1 aliphatic carbocycles. The second kappa shape index (κ2) is 8.11. The number of carbonyl (C=O) groups is 2. The highest BCUT2D eigenvalue weighted by Gasteiger charge is 2.43. The van der Waals surface area contributed by atoms with Gasteiger partial charge in [-0.15, -0.1) is 0 Å². The number of fused-ring (bicyclic) bond motifs is 1. The van der Waals surface area contributed by atoms with E-state index in [0.29, 0.717) is 17.8 Å². The van der Waals surface area contributed by atoms with Gasteiger partial charge in [0.05, 0.1) is 0 Å². The minimum atomic E-state index is -0.194. The summed E-state index contributed by atoms with van der Waals surface area (Å²) in [6, 6.07) is 21.0. The predicted octanol–water partition coefficient (Wildman–Crippen LogP) is 4.80. The minimum Gasteiger partial charge on any atom is -0.307 e. The van der Waals surface area contributed by atoms with E-state index in [2.05, 4.69) is 21.4 Å². The maximum atomic E-state index is 12.8. The summed E-state index contributed by atoms with van der Waals surface area (Å²) in [7, 11) is 0. The van der Waals surface area contributed by atoms with Crippen molar-refractivity contribution in [1.82, 2.24) is 9.97 Å². The molecule has 2 unspecified atom stereocenters. The number of benzene rings is 2. The Morgan fingerprint density at radius 1 is 0.935 bits per heavy atom. The zero-order chi connectivity index (χ0) is 21.2. The molecule has 1 amide bonds. The van der Waals surface area contributed by atoms with Crippen LogP contribution in [0.5, 0.6) is 0 Å². The third-order valence-electron chi connectivity index (χ3n) is 5.79. The first-order valence-corrected chi connectivity index (χ1v) is 10.3. The molecule has 152 valence electrons. The molecule has 5 rings (SSSR count). The lowest BCUT2D eigenvalue weighted by Gasteiger charge is -2.06. The molecule has 1 aliphatic rings. The highest BCUT2D eigenvalue weighted by Crippen LogP contribution is 2.48. The summed E-state index contributed by atoms with van der Waals surface area (Å²) in [6.07, 6.45) is 6.56. The molecule has 0 saturated heterocycles. The smallest absolute Gasteiger partial charge is 0.256 e. The molecule has 2 aromatic heterocycles. The van der Waals surface area contributed by atoms with Crippen LogP contribution in [0.1, 0.15) is 33.8 Å². The Morgan fingerprint density at radius 2 is 1.81 bits per heavy atom. The van der Waals surface area contributed by atoms with Crippen LogP contribution in [0.4, 0.5) is 5.82 Å². The van der Waals surface area contributed by atoms with E-state index < -0.39 is 0 Å². The number of ketones is 1. The molecular weight excluding hydrogens is 386 g/mol. The van der Waals surface area contributed by atoms with Gasteiger partial charge in [0, 0.05) is 41.9 Å². The molecule has 2 heterocycles. The van der Waals surface area contributed by atoms with Gasteiger partial charge in [0.2, 0.25) is 0 Å². The number of rotatable bonds is 6. The number of amides is 1. The van der Waals surface area contributed by atoms with Crippen LogP contribution in [0, 0.1) is 5.92 Å². The third-order valence-corrected chi connectivity index (χ3v) is 5.79. The Bertz CT molecular complexity index is 1250. The summed E-state index contributed by atoms with van der Waals surface area (Å²) in [5.74, 6) is 0.899. The Labute approximate surface area is 180 Å². The fourth-order valence-corrected chi connectivity index (χ4v) is 4.00. The van der Waals surface area contributed by atoms with Gasteiger partial charge >= 0.3 is 0 Å². The Balaban J connectivity index is 1.21. The number of carbonyl (C=O) groups excluding carboxylic acids is 2.